The van der Waals surface area contributed by atoms with Crippen molar-refractivity contribution >= 4 is 11.7 Å². The van der Waals surface area contributed by atoms with Crippen molar-refractivity contribution in [3.8, 4) is 5.75 Å². The number of phenols is 1. The SMILES string of the molecule is CC(C)(Cc1cccc(C(=O)O)c1)NC[C@H](O)c1ccc(O)c(N)c1. The summed E-state index contributed by atoms with van der Waals surface area (Å²) in [7, 11) is 0. The number of aliphatic hydroxyl groups is 1. The normalized spacial score (nSPS) is 12.8. The second-order valence-corrected chi connectivity index (χ2v) is 6.78. The zero-order valence-corrected chi connectivity index (χ0v) is 14.4. The third-order valence-corrected chi connectivity index (χ3v) is 4.03. The summed E-state index contributed by atoms with van der Waals surface area (Å²) >= 11 is 0. The summed E-state index contributed by atoms with van der Waals surface area (Å²) in [6.45, 7) is 4.27. The van der Waals surface area contributed by atoms with Gasteiger partial charge in [0, 0.05) is 12.1 Å². The molecule has 0 saturated heterocycles. The number of phenolic OH excluding ortho intramolecular Hbond substituents is 1. The van der Waals surface area contributed by atoms with Crippen LogP contribution in [0.1, 0.15) is 41.4 Å². The highest BCUT2D eigenvalue weighted by atomic mass is 16.4. The molecule has 0 aliphatic carbocycles. The summed E-state index contributed by atoms with van der Waals surface area (Å²) in [5.74, 6) is -0.962. The van der Waals surface area contributed by atoms with Crippen LogP contribution >= 0.6 is 0 Å². The molecule has 134 valence electrons. The monoisotopic (exact) mass is 344 g/mol. The molecule has 0 saturated carbocycles. The number of carbonyl (C=O) groups is 1. The van der Waals surface area contributed by atoms with E-state index in [1.165, 1.54) is 6.07 Å². The Hall–Kier alpha value is -2.57. The van der Waals surface area contributed by atoms with Crippen molar-refractivity contribution in [1.82, 2.24) is 5.32 Å². The smallest absolute Gasteiger partial charge is 0.335 e. The Labute approximate surface area is 146 Å². The van der Waals surface area contributed by atoms with E-state index in [1.54, 1.807) is 30.3 Å². The van der Waals surface area contributed by atoms with Gasteiger partial charge in [0.25, 0.3) is 0 Å². The van der Waals surface area contributed by atoms with E-state index in [9.17, 15) is 15.0 Å². The minimum Gasteiger partial charge on any atom is -0.506 e. The lowest BCUT2D eigenvalue weighted by Gasteiger charge is -2.28. The number of aromatic hydroxyl groups is 1. The van der Waals surface area contributed by atoms with Gasteiger partial charge in [0.2, 0.25) is 0 Å². The summed E-state index contributed by atoms with van der Waals surface area (Å²) < 4.78 is 0. The molecule has 0 aliphatic heterocycles. The largest absolute Gasteiger partial charge is 0.506 e. The molecule has 0 aliphatic rings. The zero-order valence-electron chi connectivity index (χ0n) is 14.4. The summed E-state index contributed by atoms with van der Waals surface area (Å²) in [6.07, 6.45) is -0.161. The molecule has 2 rings (SSSR count). The molecule has 0 fully saturated rings. The third kappa shape index (κ3) is 5.20. The molecule has 6 N–H and O–H groups in total. The number of β-amino-alcohol motifs (C(OH)–C–C–N with tert-alkyl or cyclic N) is 1. The van der Waals surface area contributed by atoms with Crippen LogP contribution in [-0.4, -0.2) is 33.4 Å². The van der Waals surface area contributed by atoms with Gasteiger partial charge in [-0.1, -0.05) is 18.2 Å². The fourth-order valence-electron chi connectivity index (χ4n) is 2.66. The number of anilines is 1. The van der Waals surface area contributed by atoms with Crippen molar-refractivity contribution < 1.29 is 20.1 Å². The van der Waals surface area contributed by atoms with Gasteiger partial charge in [-0.3, -0.25) is 0 Å². The second kappa shape index (κ2) is 7.55. The van der Waals surface area contributed by atoms with Crippen molar-refractivity contribution in [1.29, 1.82) is 0 Å². The summed E-state index contributed by atoms with van der Waals surface area (Å²) in [5, 5.41) is 32.1. The van der Waals surface area contributed by atoms with Gasteiger partial charge in [-0.15, -0.1) is 0 Å². The first-order valence-corrected chi connectivity index (χ1v) is 8.02. The average molecular weight is 344 g/mol. The van der Waals surface area contributed by atoms with Gasteiger partial charge in [-0.2, -0.15) is 0 Å². The Bertz CT molecular complexity index is 759. The molecule has 0 bridgehead atoms. The highest BCUT2D eigenvalue weighted by molar-refractivity contribution is 5.87. The molecule has 25 heavy (non-hydrogen) atoms. The maximum atomic E-state index is 11.1. The van der Waals surface area contributed by atoms with E-state index in [1.807, 2.05) is 19.9 Å². The number of hydrogen-bond acceptors (Lipinski definition) is 5. The van der Waals surface area contributed by atoms with Crippen LogP contribution < -0.4 is 11.1 Å². The number of hydrogen-bond donors (Lipinski definition) is 5. The van der Waals surface area contributed by atoms with E-state index in [0.717, 1.165) is 5.56 Å². The Morgan fingerprint density at radius 3 is 2.60 bits per heavy atom. The van der Waals surface area contributed by atoms with Gasteiger partial charge in [0.1, 0.15) is 5.75 Å². The highest BCUT2D eigenvalue weighted by Gasteiger charge is 2.20. The first-order valence-electron chi connectivity index (χ1n) is 8.02. The lowest BCUT2D eigenvalue weighted by molar-refractivity contribution is 0.0696. The molecule has 0 heterocycles. The standard InChI is InChI=1S/C19H24N2O4/c1-19(2,10-12-4-3-5-14(8-12)18(24)25)21-11-17(23)13-6-7-16(22)15(20)9-13/h3-9,17,21-23H,10-11,20H2,1-2H3,(H,24,25)/t17-/m0/s1. The van der Waals surface area contributed by atoms with Crippen LogP contribution in [0.15, 0.2) is 42.5 Å². The average Bonchev–Trinajstić information content (AvgIpc) is 2.55. The van der Waals surface area contributed by atoms with E-state index in [0.29, 0.717) is 18.5 Å². The number of nitrogens with one attached hydrogen (secondary N) is 1. The molecular weight excluding hydrogens is 320 g/mol. The molecule has 0 unspecified atom stereocenters. The summed E-state index contributed by atoms with van der Waals surface area (Å²) in [4.78, 5) is 11.1. The minimum atomic E-state index is -0.951. The van der Waals surface area contributed by atoms with E-state index in [-0.39, 0.29) is 22.5 Å². The third-order valence-electron chi connectivity index (χ3n) is 4.03. The number of rotatable bonds is 7. The van der Waals surface area contributed by atoms with Crippen molar-refractivity contribution in [2.45, 2.75) is 31.9 Å². The zero-order chi connectivity index (χ0) is 18.6. The molecule has 2 aromatic carbocycles. The van der Waals surface area contributed by atoms with Crippen LogP contribution in [0.5, 0.6) is 5.75 Å². The lowest BCUT2D eigenvalue weighted by Crippen LogP contribution is -2.43. The fraction of sp³-hybridized carbons (Fsp3) is 0.316. The lowest BCUT2D eigenvalue weighted by atomic mass is 9.93. The summed E-state index contributed by atoms with van der Waals surface area (Å²) in [6, 6.07) is 11.5. The predicted octanol–water partition coefficient (Wildman–Crippen LogP) is 2.32. The molecule has 0 aromatic heterocycles. The first-order chi connectivity index (χ1) is 11.7. The maximum Gasteiger partial charge on any atom is 0.335 e. The van der Waals surface area contributed by atoms with Crippen LogP contribution in [0.4, 0.5) is 5.69 Å². The van der Waals surface area contributed by atoms with Gasteiger partial charge in [0.15, 0.2) is 0 Å². The first kappa shape index (κ1) is 18.8. The highest BCUT2D eigenvalue weighted by Crippen LogP contribution is 2.24. The van der Waals surface area contributed by atoms with Crippen LogP contribution in [0.25, 0.3) is 0 Å². The number of benzene rings is 2. The topological polar surface area (TPSA) is 116 Å². The number of nitrogen functional groups attached to an aromatic ring is 1. The van der Waals surface area contributed by atoms with Gasteiger partial charge in [0.05, 0.1) is 17.4 Å². The molecule has 1 atom stereocenters. The number of aliphatic hydroxyl groups excluding tert-OH is 1. The maximum absolute atomic E-state index is 11.1. The Morgan fingerprint density at radius 1 is 1.24 bits per heavy atom. The molecule has 2 aromatic rings. The Balaban J connectivity index is 1.99. The van der Waals surface area contributed by atoms with Crippen LogP contribution in [0.2, 0.25) is 0 Å². The van der Waals surface area contributed by atoms with Gasteiger partial charge >= 0.3 is 5.97 Å². The van der Waals surface area contributed by atoms with Crippen LogP contribution in [-0.2, 0) is 6.42 Å². The predicted molar refractivity (Wildman–Crippen MR) is 96.7 cm³/mol. The molecule has 0 radical (unpaired) electrons. The molecular formula is C19H24N2O4. The quantitative estimate of drug-likeness (QED) is 0.389. The van der Waals surface area contributed by atoms with Gasteiger partial charge in [-0.05, 0) is 55.7 Å². The van der Waals surface area contributed by atoms with E-state index in [2.05, 4.69) is 5.32 Å². The summed E-state index contributed by atoms with van der Waals surface area (Å²) in [5.41, 5.74) is 7.31. The number of aromatic carboxylic acids is 1. The van der Waals surface area contributed by atoms with Crippen molar-refractivity contribution in [2.24, 2.45) is 0 Å². The van der Waals surface area contributed by atoms with E-state index < -0.39 is 12.1 Å². The molecule has 6 nitrogen and oxygen atoms in total. The van der Waals surface area contributed by atoms with Crippen molar-refractivity contribution in [3.05, 3.63) is 59.2 Å². The number of carboxylic acid groups (broad SMARTS) is 1. The van der Waals surface area contributed by atoms with Crippen molar-refractivity contribution in [2.75, 3.05) is 12.3 Å². The van der Waals surface area contributed by atoms with Crippen LogP contribution in [0, 0.1) is 0 Å². The van der Waals surface area contributed by atoms with E-state index >= 15 is 0 Å². The van der Waals surface area contributed by atoms with E-state index in [4.69, 9.17) is 10.8 Å². The van der Waals surface area contributed by atoms with Gasteiger partial charge in [-0.25, -0.2) is 4.79 Å². The number of nitrogens with two attached hydrogens (primary N) is 1. The molecule has 0 spiro atoms. The van der Waals surface area contributed by atoms with Crippen molar-refractivity contribution in [3.63, 3.8) is 0 Å². The minimum absolute atomic E-state index is 0.0115. The van der Waals surface area contributed by atoms with Gasteiger partial charge < -0.3 is 26.4 Å². The Morgan fingerprint density at radius 2 is 1.96 bits per heavy atom. The second-order valence-electron chi connectivity index (χ2n) is 6.78. The molecule has 6 heteroatoms. The Kier molecular flexibility index (Phi) is 5.66. The molecule has 0 amide bonds. The van der Waals surface area contributed by atoms with Crippen LogP contribution in [0.3, 0.4) is 0 Å². The fourth-order valence-corrected chi connectivity index (χ4v) is 2.66. The number of carboxylic acids is 1.